The van der Waals surface area contributed by atoms with Gasteiger partial charge in [-0.25, -0.2) is 8.42 Å². The van der Waals surface area contributed by atoms with Crippen LogP contribution in [-0.2, 0) is 10.0 Å². The van der Waals surface area contributed by atoms with Crippen molar-refractivity contribution in [2.24, 2.45) is 0 Å². The number of piperidine rings is 1. The Labute approximate surface area is 184 Å². The lowest BCUT2D eigenvalue weighted by molar-refractivity contribution is 0.265. The van der Waals surface area contributed by atoms with Crippen LogP contribution < -0.4 is 4.74 Å². The van der Waals surface area contributed by atoms with Crippen LogP contribution in [0.4, 0.5) is 0 Å². The van der Waals surface area contributed by atoms with Gasteiger partial charge < -0.3 is 9.26 Å². The van der Waals surface area contributed by atoms with E-state index in [1.807, 2.05) is 31.2 Å². The van der Waals surface area contributed by atoms with Crippen molar-refractivity contribution in [1.29, 1.82) is 0 Å². The molecule has 0 amide bonds. The average Bonchev–Trinajstić information content (AvgIpc) is 3.25. The van der Waals surface area contributed by atoms with Crippen molar-refractivity contribution in [1.82, 2.24) is 14.4 Å². The molecule has 0 radical (unpaired) electrons. The molecule has 9 heteroatoms. The molecule has 0 N–H and O–H groups in total. The maximum absolute atomic E-state index is 13.0. The third-order valence-corrected chi connectivity index (χ3v) is 7.46. The summed E-state index contributed by atoms with van der Waals surface area (Å²) in [6.07, 6.45) is 1.52. The Morgan fingerprint density at radius 2 is 1.97 bits per heavy atom. The third-order valence-electron chi connectivity index (χ3n) is 5.05. The Hall–Kier alpha value is -2.23. The predicted molar refractivity (Wildman–Crippen MR) is 116 cm³/mol. The molecule has 1 fully saturated rings. The first-order valence-electron chi connectivity index (χ1n) is 9.80. The van der Waals surface area contributed by atoms with Crippen molar-refractivity contribution in [3.05, 3.63) is 58.9 Å². The van der Waals surface area contributed by atoms with Gasteiger partial charge in [-0.15, -0.1) is 0 Å². The number of hydrogen-bond donors (Lipinski definition) is 0. The molecule has 158 valence electrons. The van der Waals surface area contributed by atoms with E-state index in [0.29, 0.717) is 37.2 Å². The van der Waals surface area contributed by atoms with Gasteiger partial charge in [0, 0.05) is 17.6 Å². The maximum Gasteiger partial charge on any atom is 0.243 e. The van der Waals surface area contributed by atoms with Gasteiger partial charge in [0.2, 0.25) is 21.7 Å². The zero-order chi connectivity index (χ0) is 21.1. The van der Waals surface area contributed by atoms with E-state index < -0.39 is 10.0 Å². The van der Waals surface area contributed by atoms with Crippen LogP contribution in [0.1, 0.15) is 31.6 Å². The minimum absolute atomic E-state index is 0.149. The highest BCUT2D eigenvalue weighted by Crippen LogP contribution is 2.33. The Morgan fingerprint density at radius 1 is 1.20 bits per heavy atom. The molecule has 1 aliphatic rings. The van der Waals surface area contributed by atoms with Crippen LogP contribution in [0, 0.1) is 0 Å². The van der Waals surface area contributed by atoms with E-state index in [-0.39, 0.29) is 10.8 Å². The lowest BCUT2D eigenvalue weighted by Crippen LogP contribution is -2.39. The summed E-state index contributed by atoms with van der Waals surface area (Å²) in [7, 11) is -3.58. The van der Waals surface area contributed by atoms with Crippen LogP contribution in [-0.4, -0.2) is 42.6 Å². The Balaban J connectivity index is 1.55. The number of hydrogen-bond acceptors (Lipinski definition) is 6. The van der Waals surface area contributed by atoms with Crippen molar-refractivity contribution in [2.45, 2.75) is 30.6 Å². The number of benzene rings is 2. The summed E-state index contributed by atoms with van der Waals surface area (Å²) in [4.78, 5) is 4.84. The smallest absolute Gasteiger partial charge is 0.243 e. The van der Waals surface area contributed by atoms with E-state index in [2.05, 4.69) is 26.1 Å². The molecule has 3 aromatic rings. The lowest BCUT2D eigenvalue weighted by Gasteiger charge is -2.30. The molecule has 0 spiro atoms. The molecule has 7 nitrogen and oxygen atoms in total. The summed E-state index contributed by atoms with van der Waals surface area (Å²) in [5.74, 6) is 1.44. The first-order chi connectivity index (χ1) is 14.5. The number of halogens is 1. The van der Waals surface area contributed by atoms with Crippen LogP contribution in [0.5, 0.6) is 5.75 Å². The van der Waals surface area contributed by atoms with Crippen molar-refractivity contribution in [3.8, 4) is 17.1 Å². The van der Waals surface area contributed by atoms with Gasteiger partial charge in [0.25, 0.3) is 0 Å². The molecule has 1 unspecified atom stereocenters. The quantitative estimate of drug-likeness (QED) is 0.505. The van der Waals surface area contributed by atoms with Crippen LogP contribution in [0.2, 0.25) is 0 Å². The monoisotopic (exact) mass is 491 g/mol. The summed E-state index contributed by atoms with van der Waals surface area (Å²) >= 11 is 3.34. The molecule has 0 aliphatic carbocycles. The number of rotatable bonds is 6. The van der Waals surface area contributed by atoms with Crippen LogP contribution in [0.15, 0.2) is 62.4 Å². The topological polar surface area (TPSA) is 85.5 Å². The minimum atomic E-state index is -3.58. The van der Waals surface area contributed by atoms with Gasteiger partial charge in [-0.05, 0) is 56.2 Å². The molecule has 1 aromatic heterocycles. The molecule has 0 saturated carbocycles. The Morgan fingerprint density at radius 3 is 2.73 bits per heavy atom. The van der Waals surface area contributed by atoms with Crippen molar-refractivity contribution < 1.29 is 17.7 Å². The van der Waals surface area contributed by atoms with E-state index in [1.54, 1.807) is 24.3 Å². The average molecular weight is 492 g/mol. The fraction of sp³-hybridized carbons (Fsp3) is 0.333. The molecule has 4 rings (SSSR count). The summed E-state index contributed by atoms with van der Waals surface area (Å²) in [5, 5.41) is 4.12. The lowest BCUT2D eigenvalue weighted by atomic mass is 10.00. The molecule has 0 bridgehead atoms. The zero-order valence-corrected chi connectivity index (χ0v) is 18.9. The number of sulfonamides is 1. The number of ether oxygens (including phenoxy) is 1. The van der Waals surface area contributed by atoms with E-state index >= 15 is 0 Å². The number of nitrogens with zero attached hydrogens (tertiary/aromatic N) is 3. The minimum Gasteiger partial charge on any atom is -0.493 e. The zero-order valence-electron chi connectivity index (χ0n) is 16.5. The molecular weight excluding hydrogens is 470 g/mol. The molecule has 1 atom stereocenters. The second-order valence-corrected chi connectivity index (χ2v) is 9.90. The molecular formula is C21H22BrN3O4S. The van der Waals surface area contributed by atoms with Gasteiger partial charge >= 0.3 is 0 Å². The van der Waals surface area contributed by atoms with Gasteiger partial charge in [0.15, 0.2) is 0 Å². The first-order valence-corrected chi connectivity index (χ1v) is 12.0. The van der Waals surface area contributed by atoms with E-state index in [0.717, 1.165) is 22.9 Å². The highest BCUT2D eigenvalue weighted by Gasteiger charge is 2.33. The predicted octanol–water partition coefficient (Wildman–Crippen LogP) is 4.47. The van der Waals surface area contributed by atoms with Crippen molar-refractivity contribution in [2.75, 3.05) is 19.7 Å². The Kier molecular flexibility index (Phi) is 6.21. The number of para-hydroxylation sites is 1. The van der Waals surface area contributed by atoms with Gasteiger partial charge in [-0.2, -0.15) is 9.29 Å². The highest BCUT2D eigenvalue weighted by molar-refractivity contribution is 9.10. The highest BCUT2D eigenvalue weighted by atomic mass is 79.9. The van der Waals surface area contributed by atoms with Gasteiger partial charge in [0.1, 0.15) is 5.75 Å². The third kappa shape index (κ3) is 4.28. The Bertz CT molecular complexity index is 1120. The van der Waals surface area contributed by atoms with Gasteiger partial charge in [-0.3, -0.25) is 0 Å². The van der Waals surface area contributed by atoms with E-state index in [1.165, 1.54) is 4.31 Å². The van der Waals surface area contributed by atoms with Gasteiger partial charge in [-0.1, -0.05) is 33.2 Å². The van der Waals surface area contributed by atoms with E-state index in [4.69, 9.17) is 9.26 Å². The second kappa shape index (κ2) is 8.87. The summed E-state index contributed by atoms with van der Waals surface area (Å²) in [6, 6.07) is 14.2. The maximum atomic E-state index is 13.0. The van der Waals surface area contributed by atoms with Crippen molar-refractivity contribution in [3.63, 3.8) is 0 Å². The van der Waals surface area contributed by atoms with Gasteiger partial charge in [0.05, 0.1) is 23.0 Å². The second-order valence-electron chi connectivity index (χ2n) is 7.04. The first kappa shape index (κ1) is 21.0. The fourth-order valence-electron chi connectivity index (χ4n) is 3.56. The summed E-state index contributed by atoms with van der Waals surface area (Å²) in [5.41, 5.74) is 0.754. The molecule has 1 aliphatic heterocycles. The van der Waals surface area contributed by atoms with Crippen LogP contribution >= 0.6 is 15.9 Å². The normalized spacial score (nSPS) is 17.7. The standard InChI is InChI=1S/C21H22BrN3O4S/c1-2-28-19-8-4-3-7-18(19)20-23-21(29-24-20)15-6-5-13-25(14-15)30(26,27)17-11-9-16(22)10-12-17/h3-4,7-12,15H,2,5-6,13-14H2,1H3. The molecule has 2 aromatic carbocycles. The molecule has 1 saturated heterocycles. The van der Waals surface area contributed by atoms with Crippen molar-refractivity contribution >= 4 is 26.0 Å². The molecule has 30 heavy (non-hydrogen) atoms. The fourth-order valence-corrected chi connectivity index (χ4v) is 5.35. The van der Waals surface area contributed by atoms with Crippen LogP contribution in [0.25, 0.3) is 11.4 Å². The number of aromatic nitrogens is 2. The molecule has 2 heterocycles. The summed E-state index contributed by atoms with van der Waals surface area (Å²) in [6.45, 7) is 3.24. The van der Waals surface area contributed by atoms with E-state index in [9.17, 15) is 8.42 Å². The SMILES string of the molecule is CCOc1ccccc1-c1noc(C2CCCN(S(=O)(=O)c3ccc(Br)cc3)C2)n1. The summed E-state index contributed by atoms with van der Waals surface area (Å²) < 4.78 is 39.6. The largest absolute Gasteiger partial charge is 0.493 e. The van der Waals surface area contributed by atoms with Crippen LogP contribution in [0.3, 0.4) is 0 Å².